The molecule has 1 aliphatic carbocycles. The van der Waals surface area contributed by atoms with Crippen molar-refractivity contribution >= 4 is 5.91 Å². The Labute approximate surface area is 121 Å². The van der Waals surface area contributed by atoms with Gasteiger partial charge in [-0.2, -0.15) is 5.26 Å². The average molecular weight is 279 g/mol. The van der Waals surface area contributed by atoms with Gasteiger partial charge >= 0.3 is 0 Å². The lowest BCUT2D eigenvalue weighted by atomic mass is 9.60. The summed E-state index contributed by atoms with van der Waals surface area (Å²) in [7, 11) is 0. The summed E-state index contributed by atoms with van der Waals surface area (Å²) in [5.41, 5.74) is 6.05. The maximum absolute atomic E-state index is 12.8. The maximum Gasteiger partial charge on any atom is 0.226 e. The number of hydrogen-bond acceptors (Lipinski definition) is 4. The highest BCUT2D eigenvalue weighted by molar-refractivity contribution is 5.80. The van der Waals surface area contributed by atoms with Gasteiger partial charge in [0.15, 0.2) is 6.10 Å². The molecule has 1 aliphatic heterocycles. The second-order valence-corrected chi connectivity index (χ2v) is 6.68. The quantitative estimate of drug-likeness (QED) is 0.780. The SMILES string of the molecule is CC1C(N)CCC(C(=O)N2CCOC(C#N)C2)C1(C)C. The molecule has 0 spiro atoms. The fourth-order valence-electron chi connectivity index (χ4n) is 3.44. The van der Waals surface area contributed by atoms with Gasteiger partial charge in [0, 0.05) is 18.5 Å². The number of carbonyl (C=O) groups is 1. The molecule has 2 fully saturated rings. The van der Waals surface area contributed by atoms with Crippen molar-refractivity contribution in [1.82, 2.24) is 4.90 Å². The van der Waals surface area contributed by atoms with Crippen molar-refractivity contribution in [2.24, 2.45) is 23.0 Å². The fourth-order valence-corrected chi connectivity index (χ4v) is 3.44. The van der Waals surface area contributed by atoms with Crippen LogP contribution in [-0.2, 0) is 9.53 Å². The molecular weight excluding hydrogens is 254 g/mol. The highest BCUT2D eigenvalue weighted by Crippen LogP contribution is 2.45. The molecule has 0 radical (unpaired) electrons. The summed E-state index contributed by atoms with van der Waals surface area (Å²) in [6.45, 7) is 7.85. The van der Waals surface area contributed by atoms with Crippen LogP contribution in [0.2, 0.25) is 0 Å². The zero-order chi connectivity index (χ0) is 14.9. The van der Waals surface area contributed by atoms with E-state index in [9.17, 15) is 4.79 Å². The number of hydrogen-bond donors (Lipinski definition) is 1. The highest BCUT2D eigenvalue weighted by Gasteiger charge is 2.46. The molecule has 1 saturated carbocycles. The number of morpholine rings is 1. The average Bonchev–Trinajstić information content (AvgIpc) is 2.44. The van der Waals surface area contributed by atoms with Crippen LogP contribution in [0, 0.1) is 28.6 Å². The van der Waals surface area contributed by atoms with Gasteiger partial charge < -0.3 is 15.4 Å². The molecule has 0 aromatic heterocycles. The lowest BCUT2D eigenvalue weighted by molar-refractivity contribution is -0.149. The molecule has 1 amide bonds. The molecule has 4 atom stereocenters. The number of nitrogens with two attached hydrogens (primary N) is 1. The Bertz CT molecular complexity index is 416. The molecule has 20 heavy (non-hydrogen) atoms. The van der Waals surface area contributed by atoms with Crippen LogP contribution in [-0.4, -0.2) is 42.6 Å². The monoisotopic (exact) mass is 279 g/mol. The van der Waals surface area contributed by atoms with Crippen LogP contribution in [0.1, 0.15) is 33.6 Å². The highest BCUT2D eigenvalue weighted by atomic mass is 16.5. The van der Waals surface area contributed by atoms with Crippen LogP contribution in [0.3, 0.4) is 0 Å². The van der Waals surface area contributed by atoms with Crippen molar-refractivity contribution in [2.75, 3.05) is 19.7 Å². The molecule has 1 saturated heterocycles. The minimum Gasteiger partial charge on any atom is -0.360 e. The van der Waals surface area contributed by atoms with E-state index in [0.717, 1.165) is 12.8 Å². The largest absolute Gasteiger partial charge is 0.360 e. The Morgan fingerprint density at radius 2 is 2.15 bits per heavy atom. The van der Waals surface area contributed by atoms with Crippen LogP contribution < -0.4 is 5.73 Å². The van der Waals surface area contributed by atoms with Gasteiger partial charge in [0.2, 0.25) is 5.91 Å². The number of rotatable bonds is 1. The van der Waals surface area contributed by atoms with Gasteiger partial charge in [0.1, 0.15) is 0 Å². The van der Waals surface area contributed by atoms with Crippen LogP contribution >= 0.6 is 0 Å². The molecule has 5 heteroatoms. The normalized spacial score (nSPS) is 37.2. The summed E-state index contributed by atoms with van der Waals surface area (Å²) in [5.74, 6) is 0.477. The lowest BCUT2D eigenvalue weighted by Gasteiger charge is -2.47. The minimum absolute atomic E-state index is 0.00487. The van der Waals surface area contributed by atoms with Crippen LogP contribution in [0.25, 0.3) is 0 Å². The fraction of sp³-hybridized carbons (Fsp3) is 0.867. The third kappa shape index (κ3) is 2.68. The zero-order valence-electron chi connectivity index (χ0n) is 12.6. The second kappa shape index (κ2) is 5.71. The van der Waals surface area contributed by atoms with E-state index in [0.29, 0.717) is 25.6 Å². The van der Waals surface area contributed by atoms with Gasteiger partial charge in [-0.25, -0.2) is 0 Å². The van der Waals surface area contributed by atoms with E-state index in [2.05, 4.69) is 26.8 Å². The molecule has 112 valence electrons. The zero-order valence-corrected chi connectivity index (χ0v) is 12.6. The van der Waals surface area contributed by atoms with Crippen molar-refractivity contribution in [3.63, 3.8) is 0 Å². The first-order chi connectivity index (χ1) is 9.37. The molecule has 4 unspecified atom stereocenters. The van der Waals surface area contributed by atoms with Crippen LogP contribution in [0.5, 0.6) is 0 Å². The molecule has 1 heterocycles. The first kappa shape index (κ1) is 15.3. The van der Waals surface area contributed by atoms with Gasteiger partial charge in [0.05, 0.1) is 19.2 Å². The Hall–Kier alpha value is -1.12. The first-order valence-corrected chi connectivity index (χ1v) is 7.43. The third-order valence-corrected chi connectivity index (χ3v) is 5.32. The molecule has 0 bridgehead atoms. The van der Waals surface area contributed by atoms with E-state index in [1.165, 1.54) is 0 Å². The van der Waals surface area contributed by atoms with Crippen molar-refractivity contribution in [3.8, 4) is 6.07 Å². The van der Waals surface area contributed by atoms with Gasteiger partial charge in [-0.05, 0) is 24.2 Å². The van der Waals surface area contributed by atoms with E-state index < -0.39 is 6.10 Å². The van der Waals surface area contributed by atoms with E-state index in [4.69, 9.17) is 15.7 Å². The summed E-state index contributed by atoms with van der Waals surface area (Å²) in [4.78, 5) is 14.6. The molecule has 2 N–H and O–H groups in total. The van der Waals surface area contributed by atoms with Crippen LogP contribution in [0.4, 0.5) is 0 Å². The Morgan fingerprint density at radius 1 is 1.45 bits per heavy atom. The van der Waals surface area contributed by atoms with Crippen molar-refractivity contribution in [2.45, 2.75) is 45.8 Å². The number of amides is 1. The standard InChI is InChI=1S/C15H25N3O2/c1-10-13(17)5-4-12(15(10,2)3)14(19)18-6-7-20-11(8-16)9-18/h10-13H,4-7,9,17H2,1-3H3. The van der Waals surface area contributed by atoms with Crippen LogP contribution in [0.15, 0.2) is 0 Å². The maximum atomic E-state index is 12.8. The Morgan fingerprint density at radius 3 is 2.80 bits per heavy atom. The van der Waals surface area contributed by atoms with E-state index >= 15 is 0 Å². The van der Waals surface area contributed by atoms with Gasteiger partial charge in [-0.3, -0.25) is 4.79 Å². The number of nitriles is 1. The first-order valence-electron chi connectivity index (χ1n) is 7.43. The van der Waals surface area contributed by atoms with Gasteiger partial charge in [-0.15, -0.1) is 0 Å². The van der Waals surface area contributed by atoms with E-state index in [1.807, 2.05) is 0 Å². The molecule has 0 aromatic carbocycles. The summed E-state index contributed by atoms with van der Waals surface area (Å²) in [5, 5.41) is 8.95. The summed E-state index contributed by atoms with van der Waals surface area (Å²) >= 11 is 0. The number of ether oxygens (including phenoxy) is 1. The summed E-state index contributed by atoms with van der Waals surface area (Å²) < 4.78 is 5.31. The number of carbonyl (C=O) groups excluding carboxylic acids is 1. The Kier molecular flexibility index (Phi) is 4.36. The molecule has 5 nitrogen and oxygen atoms in total. The molecule has 2 aliphatic rings. The summed E-state index contributed by atoms with van der Waals surface area (Å²) in [6, 6.07) is 2.26. The third-order valence-electron chi connectivity index (χ3n) is 5.32. The smallest absolute Gasteiger partial charge is 0.226 e. The van der Waals surface area contributed by atoms with E-state index in [-0.39, 0.29) is 23.3 Å². The predicted molar refractivity (Wildman–Crippen MR) is 75.6 cm³/mol. The van der Waals surface area contributed by atoms with Crippen molar-refractivity contribution in [3.05, 3.63) is 0 Å². The van der Waals surface area contributed by atoms with Gasteiger partial charge in [-0.1, -0.05) is 20.8 Å². The second-order valence-electron chi connectivity index (χ2n) is 6.68. The minimum atomic E-state index is -0.487. The van der Waals surface area contributed by atoms with Crippen molar-refractivity contribution in [1.29, 1.82) is 5.26 Å². The lowest BCUT2D eigenvalue weighted by Crippen LogP contribution is -2.55. The topological polar surface area (TPSA) is 79.3 Å². The number of nitrogens with zero attached hydrogens (tertiary/aromatic N) is 2. The molecule has 0 aromatic rings. The molecule has 2 rings (SSSR count). The van der Waals surface area contributed by atoms with Gasteiger partial charge in [0.25, 0.3) is 0 Å². The van der Waals surface area contributed by atoms with E-state index in [1.54, 1.807) is 4.90 Å². The molecular formula is C15H25N3O2. The summed E-state index contributed by atoms with van der Waals surface area (Å²) in [6.07, 6.45) is 1.25. The Balaban J connectivity index is 2.10. The predicted octanol–water partition coefficient (Wildman–Crippen LogP) is 1.14. The van der Waals surface area contributed by atoms with Crippen molar-refractivity contribution < 1.29 is 9.53 Å².